The quantitative estimate of drug-likeness (QED) is 0.415. The van der Waals surface area contributed by atoms with Crippen molar-refractivity contribution in [1.29, 1.82) is 0 Å². The van der Waals surface area contributed by atoms with Gasteiger partial charge in [0.2, 0.25) is 0 Å². The maximum absolute atomic E-state index is 14.6. The SMILES string of the molecule is O=S(N(CCc1ccc(Cl)cc1)S(=O)C12CC3CC(CC(C3)C1)C2)C12CC3CC(CC(C3)C1)C2. The lowest BCUT2D eigenvalue weighted by atomic mass is 9.56. The standard InChI is InChI=1S/C28H38ClNO2S2/c29-26-3-1-19(2-4-26)5-6-30(33(31)27-13-20-7-21(14-27)9-22(8-20)15-27)34(32)28-16-23-10-24(17-28)12-25(11-23)18-28/h1-4,20-25H,5-18H2. The van der Waals surface area contributed by atoms with Gasteiger partial charge in [-0.1, -0.05) is 23.7 Å². The van der Waals surface area contributed by atoms with E-state index in [-0.39, 0.29) is 9.49 Å². The van der Waals surface area contributed by atoms with Gasteiger partial charge in [0.05, 0.1) is 9.49 Å². The predicted molar refractivity (Wildman–Crippen MR) is 140 cm³/mol. The summed E-state index contributed by atoms with van der Waals surface area (Å²) in [5, 5.41) is 0.745. The van der Waals surface area contributed by atoms with E-state index in [0.29, 0.717) is 6.54 Å². The number of benzene rings is 1. The topological polar surface area (TPSA) is 37.4 Å². The van der Waals surface area contributed by atoms with Gasteiger partial charge in [0.25, 0.3) is 0 Å². The zero-order valence-electron chi connectivity index (χ0n) is 20.1. The third-order valence-electron chi connectivity index (χ3n) is 10.6. The van der Waals surface area contributed by atoms with Crippen molar-refractivity contribution in [3.8, 4) is 0 Å². The summed E-state index contributed by atoms with van der Waals surface area (Å²) in [4.78, 5) is 0. The summed E-state index contributed by atoms with van der Waals surface area (Å²) in [6, 6.07) is 8.02. The molecule has 186 valence electrons. The van der Waals surface area contributed by atoms with Gasteiger partial charge in [-0.2, -0.15) is 0 Å². The van der Waals surface area contributed by atoms with E-state index < -0.39 is 22.0 Å². The molecule has 0 aromatic heterocycles. The summed E-state index contributed by atoms with van der Waals surface area (Å²) in [6.45, 7) is 0.629. The lowest BCUT2D eigenvalue weighted by Gasteiger charge is -2.58. The Morgan fingerprint density at radius 2 is 1.03 bits per heavy atom. The second-order valence-corrected chi connectivity index (χ2v) is 17.4. The Hall–Kier alpha value is -0.230. The van der Waals surface area contributed by atoms with Crippen LogP contribution in [0.5, 0.6) is 0 Å². The number of halogens is 1. The van der Waals surface area contributed by atoms with Crippen LogP contribution in [0, 0.1) is 35.5 Å². The van der Waals surface area contributed by atoms with Crippen molar-refractivity contribution in [1.82, 2.24) is 3.71 Å². The molecular weight excluding hydrogens is 482 g/mol. The minimum atomic E-state index is -1.18. The zero-order chi connectivity index (χ0) is 23.1. The van der Waals surface area contributed by atoms with E-state index in [2.05, 4.69) is 15.8 Å². The molecule has 9 rings (SSSR count). The molecule has 8 aliphatic rings. The summed E-state index contributed by atoms with van der Waals surface area (Å²) in [7, 11) is -2.35. The third-order valence-corrected chi connectivity index (χ3v) is 15.2. The summed E-state index contributed by atoms with van der Waals surface area (Å²) in [6.07, 6.45) is 15.5. The molecule has 2 atom stereocenters. The average Bonchev–Trinajstić information content (AvgIpc) is 2.78. The van der Waals surface area contributed by atoms with Crippen molar-refractivity contribution in [2.24, 2.45) is 35.5 Å². The Morgan fingerprint density at radius 3 is 1.38 bits per heavy atom. The summed E-state index contributed by atoms with van der Waals surface area (Å²) < 4.78 is 31.1. The molecule has 8 saturated carbocycles. The lowest BCUT2D eigenvalue weighted by molar-refractivity contribution is 0.0326. The Labute approximate surface area is 215 Å². The van der Waals surface area contributed by atoms with E-state index >= 15 is 0 Å². The molecule has 1 aromatic rings. The van der Waals surface area contributed by atoms with E-state index in [4.69, 9.17) is 11.6 Å². The molecule has 0 amide bonds. The van der Waals surface area contributed by atoms with Crippen molar-refractivity contribution < 1.29 is 8.42 Å². The van der Waals surface area contributed by atoms with Gasteiger partial charge in [0, 0.05) is 11.6 Å². The summed E-state index contributed by atoms with van der Waals surface area (Å²) in [5.74, 6) is 4.51. The third kappa shape index (κ3) is 3.82. The first-order valence-corrected chi connectivity index (χ1v) is 16.3. The maximum Gasteiger partial charge on any atom is 0.113 e. The van der Waals surface area contributed by atoms with E-state index in [9.17, 15) is 8.42 Å². The average molecular weight is 520 g/mol. The first kappa shape index (κ1) is 22.9. The highest BCUT2D eigenvalue weighted by molar-refractivity contribution is 7.99. The number of rotatable bonds is 7. The Kier molecular flexibility index (Phi) is 5.66. The second-order valence-electron chi connectivity index (χ2n) is 13.1. The molecule has 8 aliphatic carbocycles. The van der Waals surface area contributed by atoms with Crippen LogP contribution in [0.4, 0.5) is 0 Å². The Bertz CT molecular complexity index is 882. The number of nitrogens with zero attached hydrogens (tertiary/aromatic N) is 1. The number of hydrogen-bond acceptors (Lipinski definition) is 2. The number of hydrogen-bond donors (Lipinski definition) is 0. The van der Waals surface area contributed by atoms with E-state index in [1.54, 1.807) is 0 Å². The minimum Gasteiger partial charge on any atom is -0.241 e. The van der Waals surface area contributed by atoms with Crippen molar-refractivity contribution in [3.63, 3.8) is 0 Å². The summed E-state index contributed by atoms with van der Waals surface area (Å²) >= 11 is 6.12. The van der Waals surface area contributed by atoms with Crippen molar-refractivity contribution in [3.05, 3.63) is 34.9 Å². The van der Waals surface area contributed by atoms with Gasteiger partial charge in [-0.25, -0.2) is 8.42 Å². The first-order chi connectivity index (χ1) is 16.4. The van der Waals surface area contributed by atoms with E-state index in [0.717, 1.165) is 85.5 Å². The fourth-order valence-electron chi connectivity index (χ4n) is 10.0. The fraction of sp³-hybridized carbons (Fsp3) is 0.786. The van der Waals surface area contributed by atoms with Crippen LogP contribution in [0.3, 0.4) is 0 Å². The first-order valence-electron chi connectivity index (χ1n) is 13.8. The Morgan fingerprint density at radius 1 is 0.676 bits per heavy atom. The van der Waals surface area contributed by atoms with Crippen LogP contribution in [0.1, 0.15) is 82.6 Å². The normalized spacial score (nSPS) is 45.7. The molecule has 3 nitrogen and oxygen atoms in total. The molecule has 0 aliphatic heterocycles. The second kappa shape index (κ2) is 8.39. The van der Waals surface area contributed by atoms with Crippen LogP contribution in [0.25, 0.3) is 0 Å². The highest BCUT2D eigenvalue weighted by atomic mass is 35.5. The monoisotopic (exact) mass is 519 g/mol. The van der Waals surface area contributed by atoms with Gasteiger partial charge in [-0.3, -0.25) is 0 Å². The van der Waals surface area contributed by atoms with Crippen LogP contribution >= 0.6 is 11.6 Å². The molecule has 34 heavy (non-hydrogen) atoms. The fourth-order valence-corrected chi connectivity index (χ4v) is 15.2. The van der Waals surface area contributed by atoms with Gasteiger partial charge in [-0.15, -0.1) is 3.71 Å². The summed E-state index contributed by atoms with van der Waals surface area (Å²) in [5.41, 5.74) is 1.19. The minimum absolute atomic E-state index is 0.118. The maximum atomic E-state index is 14.6. The molecule has 8 bridgehead atoms. The molecule has 0 spiro atoms. The largest absolute Gasteiger partial charge is 0.241 e. The molecular formula is C28H38ClNO2S2. The van der Waals surface area contributed by atoms with Gasteiger partial charge >= 0.3 is 0 Å². The van der Waals surface area contributed by atoms with Crippen LogP contribution in [0.2, 0.25) is 5.02 Å². The van der Waals surface area contributed by atoms with E-state index in [1.807, 2.05) is 12.1 Å². The molecule has 2 unspecified atom stereocenters. The molecule has 0 saturated heterocycles. The molecule has 0 radical (unpaired) electrons. The predicted octanol–water partition coefficient (Wildman–Crippen LogP) is 6.45. The Balaban J connectivity index is 1.20. The van der Waals surface area contributed by atoms with Gasteiger partial charge in [0.1, 0.15) is 22.0 Å². The zero-order valence-corrected chi connectivity index (χ0v) is 22.5. The van der Waals surface area contributed by atoms with Crippen molar-refractivity contribution >= 4 is 33.6 Å². The van der Waals surface area contributed by atoms with Gasteiger partial charge < -0.3 is 0 Å². The van der Waals surface area contributed by atoms with Gasteiger partial charge in [0.15, 0.2) is 0 Å². The molecule has 1 aromatic carbocycles. The lowest BCUT2D eigenvalue weighted by Crippen LogP contribution is -2.60. The van der Waals surface area contributed by atoms with Crippen LogP contribution in [0.15, 0.2) is 24.3 Å². The van der Waals surface area contributed by atoms with E-state index in [1.165, 1.54) is 44.1 Å². The van der Waals surface area contributed by atoms with Crippen LogP contribution < -0.4 is 0 Å². The smallest absolute Gasteiger partial charge is 0.113 e. The highest BCUT2D eigenvalue weighted by Gasteiger charge is 2.59. The molecule has 6 heteroatoms. The van der Waals surface area contributed by atoms with Crippen molar-refractivity contribution in [2.45, 2.75) is 93.0 Å². The molecule has 0 heterocycles. The highest BCUT2D eigenvalue weighted by Crippen LogP contribution is 2.61. The van der Waals surface area contributed by atoms with Gasteiger partial charge in [-0.05, 0) is 137 Å². The molecule has 8 fully saturated rings. The molecule has 0 N–H and O–H groups in total. The van der Waals surface area contributed by atoms with Crippen LogP contribution in [-0.4, -0.2) is 28.2 Å². The van der Waals surface area contributed by atoms with Crippen molar-refractivity contribution in [2.75, 3.05) is 6.54 Å². The van der Waals surface area contributed by atoms with Crippen LogP contribution in [-0.2, 0) is 28.4 Å².